The molecule has 0 bridgehead atoms. The van der Waals surface area contributed by atoms with Crippen LogP contribution in [0.4, 0.5) is 11.4 Å². The molecule has 0 atom stereocenters. The van der Waals surface area contributed by atoms with Crippen LogP contribution in [-0.2, 0) is 0 Å². The number of unbranched alkanes of at least 4 members (excludes halogenated alkanes) is 3. The summed E-state index contributed by atoms with van der Waals surface area (Å²) in [5.41, 5.74) is 2.55. The number of nitrogens with one attached hydrogen (secondary N) is 1. The normalized spacial score (nSPS) is 10.4. The second kappa shape index (κ2) is 11.7. The van der Waals surface area contributed by atoms with Gasteiger partial charge in [-0.1, -0.05) is 44.4 Å². The van der Waals surface area contributed by atoms with Crippen LogP contribution in [0.15, 0.2) is 78.9 Å². The van der Waals surface area contributed by atoms with E-state index in [4.69, 9.17) is 4.74 Å². The second-order valence-electron chi connectivity index (χ2n) is 7.66. The average Bonchev–Trinajstić information content (AvgIpc) is 2.84. The number of carbonyl (C=O) groups excluding carboxylic acids is 2. The number of ether oxygens (including phenoxy) is 1. The molecule has 0 aliphatic rings. The minimum absolute atomic E-state index is 0.112. The number of rotatable bonds is 10. The van der Waals surface area contributed by atoms with Gasteiger partial charge < -0.3 is 15.0 Å². The maximum absolute atomic E-state index is 12.7. The van der Waals surface area contributed by atoms with E-state index >= 15 is 0 Å². The molecule has 166 valence electrons. The lowest BCUT2D eigenvalue weighted by Crippen LogP contribution is -2.26. The lowest BCUT2D eigenvalue weighted by molar-refractivity contribution is 0.0991. The van der Waals surface area contributed by atoms with E-state index in [1.165, 1.54) is 19.3 Å². The fourth-order valence-electron chi connectivity index (χ4n) is 3.28. The molecule has 0 unspecified atom stereocenters. The quantitative estimate of drug-likeness (QED) is 0.391. The van der Waals surface area contributed by atoms with Crippen LogP contribution in [0.25, 0.3) is 0 Å². The fraction of sp³-hybridized carbons (Fsp3) is 0.259. The maximum Gasteiger partial charge on any atom is 0.258 e. The summed E-state index contributed by atoms with van der Waals surface area (Å²) < 4.78 is 5.72. The SMILES string of the molecule is CCCCCCOc1ccc(C(=O)Nc2ccc(C(=O)N(C)c3ccccc3)cc2)cc1. The summed E-state index contributed by atoms with van der Waals surface area (Å²) in [6.45, 7) is 2.87. The predicted octanol–water partition coefficient (Wildman–Crippen LogP) is 6.17. The first kappa shape index (κ1) is 23.1. The van der Waals surface area contributed by atoms with Crippen LogP contribution in [0.2, 0.25) is 0 Å². The van der Waals surface area contributed by atoms with Gasteiger partial charge in [-0.2, -0.15) is 0 Å². The number of hydrogen-bond acceptors (Lipinski definition) is 3. The van der Waals surface area contributed by atoms with Crippen molar-refractivity contribution in [3.63, 3.8) is 0 Å². The van der Waals surface area contributed by atoms with Gasteiger partial charge >= 0.3 is 0 Å². The molecule has 3 aromatic rings. The summed E-state index contributed by atoms with van der Waals surface area (Å²) in [4.78, 5) is 26.8. The summed E-state index contributed by atoms with van der Waals surface area (Å²) >= 11 is 0. The lowest BCUT2D eigenvalue weighted by atomic mass is 10.1. The first-order chi connectivity index (χ1) is 15.6. The molecule has 3 aromatic carbocycles. The van der Waals surface area contributed by atoms with Crippen LogP contribution in [0, 0.1) is 0 Å². The van der Waals surface area contributed by atoms with E-state index in [-0.39, 0.29) is 11.8 Å². The van der Waals surface area contributed by atoms with Crippen molar-refractivity contribution in [1.82, 2.24) is 0 Å². The zero-order chi connectivity index (χ0) is 22.8. The van der Waals surface area contributed by atoms with E-state index in [1.54, 1.807) is 48.3 Å². The van der Waals surface area contributed by atoms with Gasteiger partial charge in [-0.25, -0.2) is 0 Å². The highest BCUT2D eigenvalue weighted by Gasteiger charge is 2.13. The first-order valence-corrected chi connectivity index (χ1v) is 11.1. The topological polar surface area (TPSA) is 58.6 Å². The molecule has 5 heteroatoms. The fourth-order valence-corrected chi connectivity index (χ4v) is 3.28. The van der Waals surface area contributed by atoms with Crippen molar-refractivity contribution in [2.75, 3.05) is 23.9 Å². The molecule has 2 amide bonds. The first-order valence-electron chi connectivity index (χ1n) is 11.1. The molecule has 0 saturated heterocycles. The number of hydrogen-bond donors (Lipinski definition) is 1. The van der Waals surface area contributed by atoms with Gasteiger partial charge in [-0.05, 0) is 67.1 Å². The Hall–Kier alpha value is -3.60. The highest BCUT2D eigenvalue weighted by Crippen LogP contribution is 2.18. The molecular weight excluding hydrogens is 400 g/mol. The van der Waals surface area contributed by atoms with Gasteiger partial charge in [-0.15, -0.1) is 0 Å². The number of amides is 2. The number of para-hydroxylation sites is 1. The van der Waals surface area contributed by atoms with Crippen LogP contribution in [0.5, 0.6) is 5.75 Å². The maximum atomic E-state index is 12.7. The van der Waals surface area contributed by atoms with Crippen molar-refractivity contribution >= 4 is 23.2 Å². The Morgan fingerprint density at radius 1 is 0.812 bits per heavy atom. The molecule has 5 nitrogen and oxygen atoms in total. The van der Waals surface area contributed by atoms with Crippen molar-refractivity contribution in [3.05, 3.63) is 90.0 Å². The van der Waals surface area contributed by atoms with Crippen molar-refractivity contribution in [2.24, 2.45) is 0 Å². The number of carbonyl (C=O) groups is 2. The Bertz CT molecular complexity index is 999. The van der Waals surface area contributed by atoms with Crippen LogP contribution in [0.1, 0.15) is 53.3 Å². The minimum atomic E-state index is -0.208. The van der Waals surface area contributed by atoms with Crippen LogP contribution < -0.4 is 15.0 Å². The highest BCUT2D eigenvalue weighted by molar-refractivity contribution is 6.07. The molecule has 0 aromatic heterocycles. The van der Waals surface area contributed by atoms with E-state index < -0.39 is 0 Å². The largest absolute Gasteiger partial charge is 0.494 e. The van der Waals surface area contributed by atoms with E-state index in [1.807, 2.05) is 42.5 Å². The molecule has 0 heterocycles. The van der Waals surface area contributed by atoms with Gasteiger partial charge in [0, 0.05) is 29.5 Å². The number of benzene rings is 3. The Morgan fingerprint density at radius 3 is 2.12 bits per heavy atom. The third-order valence-corrected chi connectivity index (χ3v) is 5.22. The minimum Gasteiger partial charge on any atom is -0.494 e. The van der Waals surface area contributed by atoms with Gasteiger partial charge in [0.1, 0.15) is 5.75 Å². The van der Waals surface area contributed by atoms with Gasteiger partial charge in [0.15, 0.2) is 0 Å². The number of anilines is 2. The van der Waals surface area contributed by atoms with E-state index in [0.29, 0.717) is 23.4 Å². The van der Waals surface area contributed by atoms with Crippen LogP contribution >= 0.6 is 0 Å². The van der Waals surface area contributed by atoms with Crippen molar-refractivity contribution in [2.45, 2.75) is 32.6 Å². The van der Waals surface area contributed by atoms with Gasteiger partial charge in [-0.3, -0.25) is 9.59 Å². The van der Waals surface area contributed by atoms with E-state index in [0.717, 1.165) is 17.9 Å². The second-order valence-corrected chi connectivity index (χ2v) is 7.66. The van der Waals surface area contributed by atoms with Crippen molar-refractivity contribution in [3.8, 4) is 5.75 Å². The van der Waals surface area contributed by atoms with Crippen molar-refractivity contribution < 1.29 is 14.3 Å². The van der Waals surface area contributed by atoms with Gasteiger partial charge in [0.2, 0.25) is 0 Å². The molecule has 0 spiro atoms. The molecular formula is C27H30N2O3. The molecule has 0 radical (unpaired) electrons. The average molecular weight is 431 g/mol. The summed E-state index contributed by atoms with van der Waals surface area (Å²) in [5.74, 6) is 0.447. The Morgan fingerprint density at radius 2 is 1.47 bits per heavy atom. The van der Waals surface area contributed by atoms with Gasteiger partial charge in [0.05, 0.1) is 6.61 Å². The molecule has 0 saturated carbocycles. The molecule has 3 rings (SSSR count). The third kappa shape index (κ3) is 6.45. The lowest BCUT2D eigenvalue weighted by Gasteiger charge is -2.17. The van der Waals surface area contributed by atoms with Crippen molar-refractivity contribution in [1.29, 1.82) is 0 Å². The smallest absolute Gasteiger partial charge is 0.258 e. The molecule has 0 aliphatic heterocycles. The Labute approximate surface area is 190 Å². The zero-order valence-electron chi connectivity index (χ0n) is 18.7. The molecule has 0 aliphatic carbocycles. The molecule has 0 fully saturated rings. The highest BCUT2D eigenvalue weighted by atomic mass is 16.5. The van der Waals surface area contributed by atoms with Gasteiger partial charge in [0.25, 0.3) is 11.8 Å². The van der Waals surface area contributed by atoms with E-state index in [9.17, 15) is 9.59 Å². The summed E-state index contributed by atoms with van der Waals surface area (Å²) in [6.07, 6.45) is 4.63. The summed E-state index contributed by atoms with van der Waals surface area (Å²) in [6, 6.07) is 23.5. The molecule has 32 heavy (non-hydrogen) atoms. The predicted molar refractivity (Wildman–Crippen MR) is 130 cm³/mol. The zero-order valence-corrected chi connectivity index (χ0v) is 18.7. The molecule has 1 N–H and O–H groups in total. The van der Waals surface area contributed by atoms with Crippen LogP contribution in [-0.4, -0.2) is 25.5 Å². The Balaban J connectivity index is 1.53. The van der Waals surface area contributed by atoms with E-state index in [2.05, 4.69) is 12.2 Å². The summed E-state index contributed by atoms with van der Waals surface area (Å²) in [7, 11) is 1.74. The Kier molecular flexibility index (Phi) is 8.44. The van der Waals surface area contributed by atoms with Crippen LogP contribution in [0.3, 0.4) is 0 Å². The number of nitrogens with zero attached hydrogens (tertiary/aromatic N) is 1. The monoisotopic (exact) mass is 430 g/mol. The summed E-state index contributed by atoms with van der Waals surface area (Å²) in [5, 5.41) is 2.87. The standard InChI is InChI=1S/C27H30N2O3/c1-3-4-5-9-20-32-25-18-14-21(15-19-25)26(30)28-23-16-12-22(13-17-23)27(31)29(2)24-10-7-6-8-11-24/h6-8,10-19H,3-5,9,20H2,1-2H3,(H,28,30). The third-order valence-electron chi connectivity index (χ3n) is 5.22.